The molecule has 1 aliphatic heterocycles. The molecule has 3 rings (SSSR count). The number of aliphatic hydroxyl groups is 2. The van der Waals surface area contributed by atoms with Crippen LogP contribution in [0.1, 0.15) is 27.9 Å². The van der Waals surface area contributed by atoms with Crippen molar-refractivity contribution in [3.8, 4) is 0 Å². The van der Waals surface area contributed by atoms with Crippen LogP contribution in [0.15, 0.2) is 42.7 Å². The van der Waals surface area contributed by atoms with Crippen LogP contribution < -0.4 is 0 Å². The zero-order chi connectivity index (χ0) is 15.5. The molecule has 5 nitrogen and oxygen atoms in total. The van der Waals surface area contributed by atoms with Crippen LogP contribution in [-0.4, -0.2) is 51.3 Å². The number of hydrogen-bond acceptors (Lipinski definition) is 3. The first-order valence-corrected chi connectivity index (χ1v) is 7.48. The maximum atomic E-state index is 12.6. The summed E-state index contributed by atoms with van der Waals surface area (Å²) in [6.45, 7) is 0.539. The van der Waals surface area contributed by atoms with Crippen LogP contribution in [-0.2, 0) is 6.42 Å². The quantitative estimate of drug-likeness (QED) is 0.796. The Kier molecular flexibility index (Phi) is 4.27. The van der Waals surface area contributed by atoms with Crippen molar-refractivity contribution in [2.45, 2.75) is 25.0 Å². The third-order valence-corrected chi connectivity index (χ3v) is 3.99. The standard InChI is InChI=1S/C17H20N2O3/c20-14-7-15(21)11-19(10-14)17(22)16-9-18-8-13(16)6-12-4-2-1-3-5-12/h1-5,8-9,14-15,18,20-21H,6-7,10-11H2/t14-,15+. The first kappa shape index (κ1) is 14.8. The van der Waals surface area contributed by atoms with Gasteiger partial charge in [0.25, 0.3) is 5.91 Å². The SMILES string of the molecule is O=C(c1c[nH]cc1Cc1ccccc1)N1C[C@H](O)C[C@H](O)C1. The van der Waals surface area contributed by atoms with E-state index in [4.69, 9.17) is 0 Å². The fourth-order valence-electron chi connectivity index (χ4n) is 2.94. The molecule has 0 radical (unpaired) electrons. The number of carbonyl (C=O) groups excluding carboxylic acids is 1. The summed E-state index contributed by atoms with van der Waals surface area (Å²) in [6.07, 6.45) is 3.19. The van der Waals surface area contributed by atoms with Crippen molar-refractivity contribution in [3.63, 3.8) is 0 Å². The second-order valence-electron chi connectivity index (χ2n) is 5.81. The zero-order valence-corrected chi connectivity index (χ0v) is 12.3. The Morgan fingerprint density at radius 3 is 2.50 bits per heavy atom. The van der Waals surface area contributed by atoms with E-state index in [9.17, 15) is 15.0 Å². The summed E-state index contributed by atoms with van der Waals surface area (Å²) >= 11 is 0. The van der Waals surface area contributed by atoms with Gasteiger partial charge in [-0.05, 0) is 17.5 Å². The molecule has 5 heteroatoms. The van der Waals surface area contributed by atoms with Gasteiger partial charge in [0.1, 0.15) is 0 Å². The van der Waals surface area contributed by atoms with Crippen molar-refractivity contribution in [1.29, 1.82) is 0 Å². The van der Waals surface area contributed by atoms with Crippen LogP contribution in [0.25, 0.3) is 0 Å². The highest BCUT2D eigenvalue weighted by atomic mass is 16.3. The number of piperidine rings is 1. The largest absolute Gasteiger partial charge is 0.391 e. The van der Waals surface area contributed by atoms with Gasteiger partial charge in [0.05, 0.1) is 17.8 Å². The van der Waals surface area contributed by atoms with E-state index in [1.807, 2.05) is 36.5 Å². The molecule has 1 aliphatic rings. The minimum atomic E-state index is -0.663. The molecule has 116 valence electrons. The van der Waals surface area contributed by atoms with E-state index < -0.39 is 12.2 Å². The normalized spacial score (nSPS) is 21.8. The van der Waals surface area contributed by atoms with Crippen LogP contribution in [0.2, 0.25) is 0 Å². The van der Waals surface area contributed by atoms with Crippen LogP contribution in [0.5, 0.6) is 0 Å². The van der Waals surface area contributed by atoms with Gasteiger partial charge in [0.2, 0.25) is 0 Å². The first-order chi connectivity index (χ1) is 10.6. The van der Waals surface area contributed by atoms with Crippen molar-refractivity contribution >= 4 is 5.91 Å². The summed E-state index contributed by atoms with van der Waals surface area (Å²) in [5.74, 6) is -0.148. The average molecular weight is 300 g/mol. The molecule has 2 aromatic rings. The number of β-amino-alcohol motifs (C(OH)–C–C–N with tert-alkyl or cyclic N) is 2. The van der Waals surface area contributed by atoms with E-state index in [0.29, 0.717) is 18.4 Å². The van der Waals surface area contributed by atoms with Crippen LogP contribution >= 0.6 is 0 Å². The van der Waals surface area contributed by atoms with Crippen molar-refractivity contribution in [1.82, 2.24) is 9.88 Å². The second-order valence-corrected chi connectivity index (χ2v) is 5.81. The highest BCUT2D eigenvalue weighted by molar-refractivity contribution is 5.95. The number of aliphatic hydroxyl groups excluding tert-OH is 2. The lowest BCUT2D eigenvalue weighted by Gasteiger charge is -2.33. The molecule has 0 unspecified atom stereocenters. The molecule has 0 spiro atoms. The third-order valence-electron chi connectivity index (χ3n) is 3.99. The van der Waals surface area contributed by atoms with Gasteiger partial charge in [-0.25, -0.2) is 0 Å². The predicted molar refractivity (Wildman–Crippen MR) is 82.6 cm³/mol. The Hall–Kier alpha value is -2.11. The van der Waals surface area contributed by atoms with E-state index in [0.717, 1.165) is 11.1 Å². The Balaban J connectivity index is 1.77. The van der Waals surface area contributed by atoms with Crippen LogP contribution in [0.3, 0.4) is 0 Å². The first-order valence-electron chi connectivity index (χ1n) is 7.48. The van der Waals surface area contributed by atoms with Crippen molar-refractivity contribution in [2.24, 2.45) is 0 Å². The van der Waals surface area contributed by atoms with Gasteiger partial charge < -0.3 is 20.1 Å². The number of nitrogens with one attached hydrogen (secondary N) is 1. The molecule has 1 amide bonds. The summed E-state index contributed by atoms with van der Waals surface area (Å²) in [7, 11) is 0. The molecular weight excluding hydrogens is 280 g/mol. The van der Waals surface area contributed by atoms with E-state index in [1.54, 1.807) is 6.20 Å². The summed E-state index contributed by atoms with van der Waals surface area (Å²) in [6, 6.07) is 9.95. The minimum Gasteiger partial charge on any atom is -0.391 e. The molecule has 3 N–H and O–H groups in total. The number of aromatic amines is 1. The van der Waals surface area contributed by atoms with Gasteiger partial charge in [-0.15, -0.1) is 0 Å². The van der Waals surface area contributed by atoms with Gasteiger partial charge in [-0.3, -0.25) is 4.79 Å². The Morgan fingerprint density at radius 1 is 1.14 bits per heavy atom. The van der Waals surface area contributed by atoms with Gasteiger partial charge in [0, 0.05) is 31.9 Å². The highest BCUT2D eigenvalue weighted by Gasteiger charge is 2.29. The van der Waals surface area contributed by atoms with Gasteiger partial charge in [-0.2, -0.15) is 0 Å². The van der Waals surface area contributed by atoms with Crippen molar-refractivity contribution in [2.75, 3.05) is 13.1 Å². The zero-order valence-electron chi connectivity index (χ0n) is 12.3. The fraction of sp³-hybridized carbons (Fsp3) is 0.353. The maximum absolute atomic E-state index is 12.6. The highest BCUT2D eigenvalue weighted by Crippen LogP contribution is 2.19. The number of carbonyl (C=O) groups is 1. The van der Waals surface area contributed by atoms with Gasteiger partial charge in [-0.1, -0.05) is 30.3 Å². The molecule has 1 aromatic heterocycles. The van der Waals surface area contributed by atoms with Gasteiger partial charge in [0.15, 0.2) is 0 Å². The topological polar surface area (TPSA) is 76.6 Å². The number of hydrogen-bond donors (Lipinski definition) is 3. The number of rotatable bonds is 3. The van der Waals surface area contributed by atoms with Crippen molar-refractivity contribution < 1.29 is 15.0 Å². The smallest absolute Gasteiger partial charge is 0.255 e. The number of benzene rings is 1. The number of aromatic nitrogens is 1. The molecule has 1 saturated heterocycles. The maximum Gasteiger partial charge on any atom is 0.255 e. The monoisotopic (exact) mass is 300 g/mol. The molecule has 2 atom stereocenters. The minimum absolute atomic E-state index is 0.148. The molecule has 22 heavy (non-hydrogen) atoms. The Morgan fingerprint density at radius 2 is 1.82 bits per heavy atom. The number of H-pyrrole nitrogens is 1. The molecule has 1 aromatic carbocycles. The Labute approximate surface area is 129 Å². The third kappa shape index (κ3) is 3.21. The average Bonchev–Trinajstić information content (AvgIpc) is 2.94. The lowest BCUT2D eigenvalue weighted by Crippen LogP contribution is -2.48. The lowest BCUT2D eigenvalue weighted by atomic mass is 10.0. The number of amides is 1. The molecule has 0 saturated carbocycles. The van der Waals surface area contributed by atoms with Crippen LogP contribution in [0, 0.1) is 0 Å². The molecular formula is C17H20N2O3. The second kappa shape index (κ2) is 6.34. The van der Waals surface area contributed by atoms with Crippen LogP contribution in [0.4, 0.5) is 0 Å². The lowest BCUT2D eigenvalue weighted by molar-refractivity contribution is -0.00388. The molecule has 0 bridgehead atoms. The van der Waals surface area contributed by atoms with E-state index in [2.05, 4.69) is 4.98 Å². The van der Waals surface area contributed by atoms with E-state index >= 15 is 0 Å². The van der Waals surface area contributed by atoms with Crippen molar-refractivity contribution in [3.05, 3.63) is 59.4 Å². The van der Waals surface area contributed by atoms with E-state index in [-0.39, 0.29) is 19.0 Å². The Bertz CT molecular complexity index is 628. The summed E-state index contributed by atoms with van der Waals surface area (Å²) in [5, 5.41) is 19.5. The molecule has 0 aliphatic carbocycles. The summed E-state index contributed by atoms with van der Waals surface area (Å²) in [4.78, 5) is 17.2. The van der Waals surface area contributed by atoms with Gasteiger partial charge >= 0.3 is 0 Å². The predicted octanol–water partition coefficient (Wildman–Crippen LogP) is 1.17. The van der Waals surface area contributed by atoms with E-state index in [1.165, 1.54) is 4.90 Å². The number of nitrogens with zero attached hydrogens (tertiary/aromatic N) is 1. The number of likely N-dealkylation sites (tertiary alicyclic amines) is 1. The summed E-state index contributed by atoms with van der Waals surface area (Å²) < 4.78 is 0. The molecule has 2 heterocycles. The summed E-state index contributed by atoms with van der Waals surface area (Å²) in [5.41, 5.74) is 2.66. The fourth-order valence-corrected chi connectivity index (χ4v) is 2.94. The molecule has 1 fully saturated rings.